The Hall–Kier alpha value is -5.94. The Morgan fingerprint density at radius 3 is 1.38 bits per heavy atom. The van der Waals surface area contributed by atoms with Gasteiger partial charge in [-0.3, -0.25) is 24.0 Å². The second kappa shape index (κ2) is 21.2. The lowest BCUT2D eigenvalue weighted by molar-refractivity contribution is -0.117. The Bertz CT molecular complexity index is 2490. The second-order valence-electron chi connectivity index (χ2n) is 12.0. The quantitative estimate of drug-likeness (QED) is 0.158. The van der Waals surface area contributed by atoms with E-state index in [2.05, 4.69) is 5.32 Å². The lowest BCUT2D eigenvalue weighted by Crippen LogP contribution is -2.31. The molecule has 0 bridgehead atoms. The van der Waals surface area contributed by atoms with Crippen molar-refractivity contribution < 1.29 is 9.21 Å². The van der Waals surface area contributed by atoms with Crippen molar-refractivity contribution in [1.29, 1.82) is 0 Å². The number of carbonyl (C=O) groups is 1. The third kappa shape index (κ3) is 12.3. The smallest absolute Gasteiger partial charge is 0.247 e. The second-order valence-corrected chi connectivity index (χ2v) is 15.3. The number of furan rings is 1. The number of hydrogen-bond acceptors (Lipinski definition) is 9. The van der Waals surface area contributed by atoms with Gasteiger partial charge < -0.3 is 9.73 Å². The molecule has 7 rings (SSSR count). The Morgan fingerprint density at radius 1 is 0.482 bits per heavy atom. The van der Waals surface area contributed by atoms with Crippen LogP contribution in [0.5, 0.6) is 0 Å². The lowest BCUT2D eigenvalue weighted by Gasteiger charge is -2.18. The van der Waals surface area contributed by atoms with Crippen LogP contribution >= 0.6 is 33.3 Å². The van der Waals surface area contributed by atoms with Gasteiger partial charge in [-0.15, -0.1) is 0 Å². The van der Waals surface area contributed by atoms with Crippen LogP contribution in [-0.2, 0) is 4.79 Å². The first-order valence-electron chi connectivity index (χ1n) is 17.4. The number of benzene rings is 1. The fourth-order valence-electron chi connectivity index (χ4n) is 4.94. The molecule has 1 aliphatic heterocycles. The highest BCUT2D eigenvalue weighted by Crippen LogP contribution is 2.33. The normalized spacial score (nSPS) is 12.7. The Morgan fingerprint density at radius 2 is 0.893 bits per heavy atom. The molecule has 5 aromatic carbocycles. The van der Waals surface area contributed by atoms with Gasteiger partial charge in [-0.1, -0.05) is 115 Å². The summed E-state index contributed by atoms with van der Waals surface area (Å²) in [5.41, 5.74) is 3.70. The minimum Gasteiger partial charge on any atom is -0.457 e. The first-order chi connectivity index (χ1) is 27.2. The summed E-state index contributed by atoms with van der Waals surface area (Å²) in [6, 6.07) is 48.1. The molecule has 6 aromatic rings. The molecule has 1 aromatic heterocycles. The monoisotopic (exact) mass is 795 g/mol. The van der Waals surface area contributed by atoms with Gasteiger partial charge >= 0.3 is 0 Å². The van der Waals surface area contributed by atoms with Crippen molar-refractivity contribution in [3.8, 4) is 11.3 Å². The number of nitrogens with one attached hydrogen (secondary N) is 1. The van der Waals surface area contributed by atoms with E-state index in [1.165, 1.54) is 57.6 Å². The average Bonchev–Trinajstić information content (AvgIpc) is 3.37. The summed E-state index contributed by atoms with van der Waals surface area (Å²) in [5, 5.41) is 2.86. The Kier molecular flexibility index (Phi) is 15.6. The molecule has 0 spiro atoms. The molecule has 7 nitrogen and oxygen atoms in total. The van der Waals surface area contributed by atoms with Gasteiger partial charge in [0.2, 0.25) is 5.91 Å². The van der Waals surface area contributed by atoms with Crippen LogP contribution in [0.25, 0.3) is 17.4 Å². The predicted molar refractivity (Wildman–Crippen MR) is 230 cm³/mol. The molecule has 2 heterocycles. The lowest BCUT2D eigenvalue weighted by atomic mass is 9.97. The zero-order valence-electron chi connectivity index (χ0n) is 30.5. The van der Waals surface area contributed by atoms with Crippen molar-refractivity contribution in [2.24, 2.45) is 0 Å². The van der Waals surface area contributed by atoms with E-state index in [0.29, 0.717) is 26.1 Å². The van der Waals surface area contributed by atoms with Gasteiger partial charge in [-0.05, 0) is 113 Å². The summed E-state index contributed by atoms with van der Waals surface area (Å²) in [6.45, 7) is 4.36. The summed E-state index contributed by atoms with van der Waals surface area (Å²) < 4.78 is 5.87. The van der Waals surface area contributed by atoms with Crippen molar-refractivity contribution >= 4 is 45.3 Å². The molecule has 0 saturated heterocycles. The highest BCUT2D eigenvalue weighted by atomic mass is 33.1. The minimum absolute atomic E-state index is 0.00840. The maximum Gasteiger partial charge on any atom is 0.247 e. The maximum absolute atomic E-state index is 11.7. The van der Waals surface area contributed by atoms with E-state index in [1.807, 2.05) is 74.5 Å². The number of amides is 1. The third-order valence-corrected chi connectivity index (χ3v) is 11.7. The van der Waals surface area contributed by atoms with E-state index in [4.69, 9.17) is 4.42 Å². The Balaban J connectivity index is 0.000000162. The van der Waals surface area contributed by atoms with Crippen LogP contribution in [0.4, 0.5) is 0 Å². The van der Waals surface area contributed by atoms with Crippen molar-refractivity contribution in [3.63, 3.8) is 0 Å². The average molecular weight is 796 g/mol. The summed E-state index contributed by atoms with van der Waals surface area (Å²) >= 11 is 1.20. The van der Waals surface area contributed by atoms with Crippen LogP contribution < -0.4 is 27.0 Å². The molecule has 1 amide bonds. The number of rotatable bonds is 7. The maximum atomic E-state index is 11.7. The molecule has 0 atom stereocenters. The van der Waals surface area contributed by atoms with E-state index in [-0.39, 0.29) is 27.6 Å². The molecule has 0 saturated carbocycles. The van der Waals surface area contributed by atoms with Gasteiger partial charge in [-0.2, -0.15) is 0 Å². The van der Waals surface area contributed by atoms with Gasteiger partial charge in [0.1, 0.15) is 11.5 Å². The standard InChI is InChI=1S/C18H17NO2.C14H10O2S2.C14H10O2S/c1-12-13(2)18(20)19-11-15(12)10-16-8-9-17(21-16)14-6-4-3-5-7-14;15-11-7-3-1-5-9-13(11)17-18-14-10-6-2-4-8-12(14)16;15-11-7-3-1-5-9-13(11)17-14-10-6-2-4-8-12(14)16/h3-10H,11H2,1-2H3,(H,19,20);1-10H;1-10H/b15-10+;;. The first kappa shape index (κ1) is 41.2. The van der Waals surface area contributed by atoms with Crippen molar-refractivity contribution in [2.45, 2.75) is 33.4 Å². The van der Waals surface area contributed by atoms with Crippen LogP contribution in [-0.4, -0.2) is 12.5 Å². The van der Waals surface area contributed by atoms with Gasteiger partial charge in [0.05, 0.1) is 19.6 Å². The van der Waals surface area contributed by atoms with E-state index < -0.39 is 0 Å². The van der Waals surface area contributed by atoms with Crippen LogP contribution in [0.15, 0.2) is 224 Å². The van der Waals surface area contributed by atoms with Crippen molar-refractivity contribution in [3.05, 3.63) is 227 Å². The largest absolute Gasteiger partial charge is 0.457 e. The molecule has 0 fully saturated rings. The topological polar surface area (TPSA) is 111 Å². The van der Waals surface area contributed by atoms with Crippen LogP contribution in [0, 0.1) is 0 Å². The molecule has 0 radical (unpaired) electrons. The molecule has 10 heteroatoms. The zero-order valence-corrected chi connectivity index (χ0v) is 33.0. The number of hydrogen-bond donors (Lipinski definition) is 1. The van der Waals surface area contributed by atoms with E-state index in [9.17, 15) is 24.0 Å². The van der Waals surface area contributed by atoms with Gasteiger partial charge in [-0.25, -0.2) is 0 Å². The molecular weight excluding hydrogens is 759 g/mol. The fraction of sp³-hybridized carbons (Fsp3) is 0.0652. The van der Waals surface area contributed by atoms with Gasteiger partial charge in [0, 0.05) is 17.7 Å². The SMILES string of the molecule is CC1=C(C)/C(=C/c2ccc(-c3ccccc3)o2)CNC1=O.O=c1cccccc1SSc1cccccc1=O.O=c1cccccc1Sc1cccccc1=O. The molecule has 0 aliphatic carbocycles. The van der Waals surface area contributed by atoms with Crippen molar-refractivity contribution in [2.75, 3.05) is 6.54 Å². The van der Waals surface area contributed by atoms with Crippen LogP contribution in [0.3, 0.4) is 0 Å². The van der Waals surface area contributed by atoms with Gasteiger partial charge in [0.15, 0.2) is 21.7 Å². The molecule has 56 heavy (non-hydrogen) atoms. The summed E-state index contributed by atoms with van der Waals surface area (Å²) in [7, 11) is 2.61. The minimum atomic E-state index is -0.0779. The Labute approximate surface area is 336 Å². The van der Waals surface area contributed by atoms with Crippen molar-refractivity contribution in [1.82, 2.24) is 5.32 Å². The van der Waals surface area contributed by atoms with E-state index >= 15 is 0 Å². The van der Waals surface area contributed by atoms with Crippen LogP contribution in [0.2, 0.25) is 0 Å². The van der Waals surface area contributed by atoms with E-state index in [0.717, 1.165) is 33.8 Å². The first-order valence-corrected chi connectivity index (χ1v) is 20.4. The molecule has 280 valence electrons. The van der Waals surface area contributed by atoms with Gasteiger partial charge in [0.25, 0.3) is 0 Å². The summed E-state index contributed by atoms with van der Waals surface area (Å²) in [4.78, 5) is 60.7. The number of carbonyl (C=O) groups excluding carboxylic acids is 1. The summed E-state index contributed by atoms with van der Waals surface area (Å²) in [5.74, 6) is 1.65. The third-order valence-electron chi connectivity index (χ3n) is 8.11. The molecular formula is C46H37NO6S3. The highest BCUT2D eigenvalue weighted by molar-refractivity contribution is 8.76. The highest BCUT2D eigenvalue weighted by Gasteiger charge is 2.17. The summed E-state index contributed by atoms with van der Waals surface area (Å²) in [6.07, 6.45) is 1.99. The predicted octanol–water partition coefficient (Wildman–Crippen LogP) is 9.56. The molecule has 0 unspecified atom stereocenters. The molecule has 1 N–H and O–H groups in total. The van der Waals surface area contributed by atoms with Crippen LogP contribution in [0.1, 0.15) is 19.6 Å². The fourth-order valence-corrected chi connectivity index (χ4v) is 7.92. The van der Waals surface area contributed by atoms with E-state index in [1.54, 1.807) is 84.9 Å². The zero-order chi connectivity index (χ0) is 39.7. The molecule has 1 aliphatic rings.